The number of rotatable bonds is 2. The van der Waals surface area contributed by atoms with Crippen molar-refractivity contribution in [2.75, 3.05) is 0 Å². The predicted molar refractivity (Wildman–Crippen MR) is 69.3 cm³/mol. The number of aryl methyl sites for hydroxylation is 1. The number of imidazole rings is 1. The first-order valence-electron chi connectivity index (χ1n) is 5.87. The second-order valence-electron chi connectivity index (χ2n) is 4.90. The van der Waals surface area contributed by atoms with Gasteiger partial charge >= 0.3 is 0 Å². The molecule has 1 aromatic carbocycles. The van der Waals surface area contributed by atoms with Gasteiger partial charge in [0.15, 0.2) is 4.77 Å². The van der Waals surface area contributed by atoms with Crippen LogP contribution < -0.4 is 0 Å². The summed E-state index contributed by atoms with van der Waals surface area (Å²) < 4.78 is 3.15. The van der Waals surface area contributed by atoms with Crippen LogP contribution in [0.25, 0.3) is 11.0 Å². The zero-order chi connectivity index (χ0) is 11.3. The zero-order valence-electron chi connectivity index (χ0n) is 9.66. The maximum absolute atomic E-state index is 5.43. The lowest BCUT2D eigenvalue weighted by molar-refractivity contribution is 0.492. The van der Waals surface area contributed by atoms with Crippen LogP contribution in [0, 0.1) is 17.6 Å². The van der Waals surface area contributed by atoms with E-state index in [0.29, 0.717) is 6.04 Å². The largest absolute Gasteiger partial charge is 0.331 e. The Hall–Kier alpha value is -1.09. The molecule has 0 aliphatic heterocycles. The van der Waals surface area contributed by atoms with Gasteiger partial charge in [0, 0.05) is 6.04 Å². The van der Waals surface area contributed by atoms with Crippen molar-refractivity contribution in [2.45, 2.75) is 32.7 Å². The van der Waals surface area contributed by atoms with Gasteiger partial charge in [0.1, 0.15) is 0 Å². The molecule has 1 fully saturated rings. The second-order valence-corrected chi connectivity index (χ2v) is 5.29. The number of H-pyrrole nitrogens is 1. The number of nitrogens with one attached hydrogen (secondary N) is 1. The van der Waals surface area contributed by atoms with Gasteiger partial charge in [0.25, 0.3) is 0 Å². The fourth-order valence-electron chi connectivity index (χ4n) is 2.43. The van der Waals surface area contributed by atoms with Crippen molar-refractivity contribution in [3.63, 3.8) is 0 Å². The number of hydrogen-bond acceptors (Lipinski definition) is 1. The highest BCUT2D eigenvalue weighted by molar-refractivity contribution is 7.71. The molecule has 1 N–H and O–H groups in total. The fraction of sp³-hybridized carbons (Fsp3) is 0.462. The van der Waals surface area contributed by atoms with E-state index >= 15 is 0 Å². The Balaban J connectivity index is 2.24. The Kier molecular flexibility index (Phi) is 2.18. The summed E-state index contributed by atoms with van der Waals surface area (Å²) in [5.74, 6) is 0.825. The van der Waals surface area contributed by atoms with Gasteiger partial charge in [-0.15, -0.1) is 0 Å². The van der Waals surface area contributed by atoms with E-state index in [9.17, 15) is 0 Å². The van der Waals surface area contributed by atoms with E-state index in [0.717, 1.165) is 16.2 Å². The molecule has 0 amide bonds. The van der Waals surface area contributed by atoms with Crippen LogP contribution in [-0.2, 0) is 0 Å². The summed E-state index contributed by atoms with van der Waals surface area (Å²) in [5, 5.41) is 0. The van der Waals surface area contributed by atoms with Crippen LogP contribution in [0.4, 0.5) is 0 Å². The van der Waals surface area contributed by atoms with E-state index in [1.54, 1.807) is 0 Å². The predicted octanol–water partition coefficient (Wildman–Crippen LogP) is 3.98. The smallest absolute Gasteiger partial charge is 0.178 e. The van der Waals surface area contributed by atoms with Crippen LogP contribution in [0.3, 0.4) is 0 Å². The van der Waals surface area contributed by atoms with E-state index in [1.807, 2.05) is 0 Å². The van der Waals surface area contributed by atoms with Crippen molar-refractivity contribution < 1.29 is 0 Å². The third-order valence-corrected chi connectivity index (χ3v) is 3.88. The standard InChI is InChI=1S/C13H16N2S/c1-8-3-6-11-12(7-8)15(13(16)14-11)9(2)10-4-5-10/h3,6-7,9-10H,4-5H2,1-2H3,(H,14,16). The summed E-state index contributed by atoms with van der Waals surface area (Å²) in [6.07, 6.45) is 2.70. The van der Waals surface area contributed by atoms with Gasteiger partial charge < -0.3 is 9.55 Å². The highest BCUT2D eigenvalue weighted by Gasteiger charge is 2.30. The number of benzene rings is 1. The lowest BCUT2D eigenvalue weighted by atomic mass is 10.2. The lowest BCUT2D eigenvalue weighted by Gasteiger charge is -2.13. The minimum Gasteiger partial charge on any atom is -0.331 e. The molecule has 1 aliphatic carbocycles. The highest BCUT2D eigenvalue weighted by atomic mass is 32.1. The molecule has 3 heteroatoms. The molecule has 1 saturated carbocycles. The molecule has 1 unspecified atom stereocenters. The van der Waals surface area contributed by atoms with E-state index in [4.69, 9.17) is 12.2 Å². The topological polar surface area (TPSA) is 20.7 Å². The summed E-state index contributed by atoms with van der Waals surface area (Å²) >= 11 is 5.43. The fourth-order valence-corrected chi connectivity index (χ4v) is 2.80. The van der Waals surface area contributed by atoms with E-state index < -0.39 is 0 Å². The number of hydrogen-bond donors (Lipinski definition) is 1. The van der Waals surface area contributed by atoms with Crippen molar-refractivity contribution in [3.8, 4) is 0 Å². The molecule has 2 nitrogen and oxygen atoms in total. The highest BCUT2D eigenvalue weighted by Crippen LogP contribution is 2.40. The number of fused-ring (bicyclic) bond motifs is 1. The maximum Gasteiger partial charge on any atom is 0.178 e. The van der Waals surface area contributed by atoms with E-state index in [-0.39, 0.29) is 0 Å². The normalized spacial score (nSPS) is 17.9. The first-order valence-corrected chi connectivity index (χ1v) is 6.28. The molecule has 0 radical (unpaired) electrons. The van der Waals surface area contributed by atoms with Crippen LogP contribution in [0.2, 0.25) is 0 Å². The van der Waals surface area contributed by atoms with Gasteiger partial charge in [-0.3, -0.25) is 0 Å². The van der Waals surface area contributed by atoms with Gasteiger partial charge in [-0.1, -0.05) is 6.07 Å². The SMILES string of the molecule is Cc1ccc2[nH]c(=S)n(C(C)C3CC3)c2c1. The minimum absolute atomic E-state index is 0.531. The van der Waals surface area contributed by atoms with Gasteiger partial charge in [0.2, 0.25) is 0 Å². The summed E-state index contributed by atoms with van der Waals surface area (Å²) in [6.45, 7) is 4.41. The average molecular weight is 232 g/mol. The number of aromatic amines is 1. The molecule has 1 atom stereocenters. The Labute approximate surface area is 100 Å². The summed E-state index contributed by atoms with van der Waals surface area (Å²) in [6, 6.07) is 7.00. The second kappa shape index (κ2) is 3.45. The molecule has 1 heterocycles. The quantitative estimate of drug-likeness (QED) is 0.777. The molecule has 0 bridgehead atoms. The first-order chi connectivity index (χ1) is 7.66. The molecule has 0 spiro atoms. The monoisotopic (exact) mass is 232 g/mol. The molecular formula is C13H16N2S. The zero-order valence-corrected chi connectivity index (χ0v) is 10.5. The van der Waals surface area contributed by atoms with Gasteiger partial charge in [-0.2, -0.15) is 0 Å². The Morgan fingerprint density at radius 3 is 2.88 bits per heavy atom. The van der Waals surface area contributed by atoms with Gasteiger partial charge in [-0.25, -0.2) is 0 Å². The van der Waals surface area contributed by atoms with Crippen LogP contribution in [0.15, 0.2) is 18.2 Å². The Bertz CT molecular complexity index is 589. The van der Waals surface area contributed by atoms with Crippen molar-refractivity contribution >= 4 is 23.3 Å². The minimum atomic E-state index is 0.531. The van der Waals surface area contributed by atoms with E-state index in [2.05, 4.69) is 41.6 Å². The number of aromatic nitrogens is 2. The lowest BCUT2D eigenvalue weighted by Crippen LogP contribution is -2.06. The van der Waals surface area contributed by atoms with Crippen LogP contribution in [-0.4, -0.2) is 9.55 Å². The molecule has 1 aromatic heterocycles. The van der Waals surface area contributed by atoms with Crippen LogP contribution in [0.5, 0.6) is 0 Å². The summed E-state index contributed by atoms with van der Waals surface area (Å²) in [7, 11) is 0. The molecule has 16 heavy (non-hydrogen) atoms. The average Bonchev–Trinajstić information content (AvgIpc) is 3.01. The van der Waals surface area contributed by atoms with Gasteiger partial charge in [0.05, 0.1) is 11.0 Å². The molecule has 84 valence electrons. The van der Waals surface area contributed by atoms with Crippen molar-refractivity contribution in [1.82, 2.24) is 9.55 Å². The number of nitrogens with zero attached hydrogens (tertiary/aromatic N) is 1. The molecular weight excluding hydrogens is 216 g/mol. The van der Waals surface area contributed by atoms with E-state index in [1.165, 1.54) is 23.9 Å². The summed E-state index contributed by atoms with van der Waals surface area (Å²) in [4.78, 5) is 3.30. The van der Waals surface area contributed by atoms with Crippen LogP contribution >= 0.6 is 12.2 Å². The third-order valence-electron chi connectivity index (χ3n) is 3.58. The molecule has 2 aromatic rings. The van der Waals surface area contributed by atoms with Crippen molar-refractivity contribution in [3.05, 3.63) is 28.5 Å². The molecule has 3 rings (SSSR count). The van der Waals surface area contributed by atoms with Crippen LogP contribution in [0.1, 0.15) is 31.4 Å². The first kappa shape index (κ1) is 10.1. The molecule has 1 aliphatic rings. The summed E-state index contributed by atoms with van der Waals surface area (Å²) in [5.41, 5.74) is 3.70. The molecule has 0 saturated heterocycles. The van der Waals surface area contributed by atoms with Crippen molar-refractivity contribution in [1.29, 1.82) is 0 Å². The Morgan fingerprint density at radius 1 is 1.44 bits per heavy atom. The maximum atomic E-state index is 5.43. The third kappa shape index (κ3) is 1.50. The Morgan fingerprint density at radius 2 is 2.19 bits per heavy atom. The van der Waals surface area contributed by atoms with Crippen molar-refractivity contribution in [2.24, 2.45) is 5.92 Å². The van der Waals surface area contributed by atoms with Gasteiger partial charge in [-0.05, 0) is 62.5 Å².